The minimum absolute atomic E-state index is 0.0557. The van der Waals surface area contributed by atoms with E-state index in [0.717, 1.165) is 27.0 Å². The van der Waals surface area contributed by atoms with Gasteiger partial charge in [-0.1, -0.05) is 24.3 Å². The predicted molar refractivity (Wildman–Crippen MR) is 132 cm³/mol. The fourth-order valence-corrected chi connectivity index (χ4v) is 5.02. The number of hydrogen-bond donors (Lipinski definition) is 1. The fourth-order valence-electron chi connectivity index (χ4n) is 3.08. The summed E-state index contributed by atoms with van der Waals surface area (Å²) in [4.78, 5) is 23.2. The van der Waals surface area contributed by atoms with Crippen LogP contribution in [0.15, 0.2) is 83.8 Å². The van der Waals surface area contributed by atoms with Crippen molar-refractivity contribution in [1.29, 1.82) is 0 Å². The Labute approximate surface area is 202 Å². The number of nitro benzene ring substituents is 1. The van der Waals surface area contributed by atoms with Crippen molar-refractivity contribution >= 4 is 48.7 Å². The molecule has 0 saturated carbocycles. The predicted octanol–water partition coefficient (Wildman–Crippen LogP) is 2.82. The molecule has 0 fully saturated rings. The van der Waals surface area contributed by atoms with Crippen LogP contribution in [-0.4, -0.2) is 47.5 Å². The van der Waals surface area contributed by atoms with Crippen LogP contribution in [0, 0.1) is 10.1 Å². The molecular weight excluding hydrogens is 496 g/mol. The van der Waals surface area contributed by atoms with Crippen molar-refractivity contribution < 1.29 is 26.6 Å². The number of anilines is 3. The summed E-state index contributed by atoms with van der Waals surface area (Å²) in [6.07, 6.45) is 1.04. The molecule has 35 heavy (non-hydrogen) atoms. The van der Waals surface area contributed by atoms with E-state index >= 15 is 0 Å². The van der Waals surface area contributed by atoms with E-state index in [0.29, 0.717) is 5.69 Å². The molecule has 0 unspecified atom stereocenters. The average Bonchev–Trinajstić information content (AvgIpc) is 2.82. The standard InChI is InChI=1S/C22H22N4O7S2/c1-24(34(2,30)31)20-8-6-7-17(15-20)23-22(27)16-25(18-11-13-19(14-12-18)26(28)29)35(32,33)21-9-4-3-5-10-21/h3-15H,16H2,1-2H3,(H,23,27). The van der Waals surface area contributed by atoms with E-state index in [2.05, 4.69) is 5.32 Å². The van der Waals surface area contributed by atoms with E-state index in [9.17, 15) is 31.7 Å². The number of carbonyl (C=O) groups is 1. The molecule has 0 spiro atoms. The number of nitro groups is 1. The molecule has 184 valence electrons. The Morgan fingerprint density at radius 1 is 0.914 bits per heavy atom. The fraction of sp³-hybridized carbons (Fsp3) is 0.136. The third-order valence-electron chi connectivity index (χ3n) is 4.96. The second-order valence-electron chi connectivity index (χ2n) is 7.43. The van der Waals surface area contributed by atoms with Gasteiger partial charge in [-0.05, 0) is 42.5 Å². The molecule has 0 heterocycles. The first-order valence-electron chi connectivity index (χ1n) is 10.1. The smallest absolute Gasteiger partial charge is 0.269 e. The normalized spacial score (nSPS) is 11.5. The van der Waals surface area contributed by atoms with Gasteiger partial charge in [0.2, 0.25) is 15.9 Å². The monoisotopic (exact) mass is 518 g/mol. The van der Waals surface area contributed by atoms with Crippen LogP contribution in [0.2, 0.25) is 0 Å². The summed E-state index contributed by atoms with van der Waals surface area (Å²) < 4.78 is 52.1. The van der Waals surface area contributed by atoms with Gasteiger partial charge in [-0.15, -0.1) is 0 Å². The van der Waals surface area contributed by atoms with Crippen LogP contribution >= 0.6 is 0 Å². The maximum atomic E-state index is 13.3. The Morgan fingerprint density at radius 3 is 2.11 bits per heavy atom. The average molecular weight is 519 g/mol. The first-order valence-corrected chi connectivity index (χ1v) is 13.3. The van der Waals surface area contributed by atoms with Crippen molar-refractivity contribution in [3.63, 3.8) is 0 Å². The molecule has 0 aliphatic rings. The van der Waals surface area contributed by atoms with Gasteiger partial charge in [0, 0.05) is 24.9 Å². The van der Waals surface area contributed by atoms with Crippen LogP contribution in [0.3, 0.4) is 0 Å². The first kappa shape index (κ1) is 25.6. The Morgan fingerprint density at radius 2 is 1.54 bits per heavy atom. The van der Waals surface area contributed by atoms with Crippen molar-refractivity contribution in [3.05, 3.63) is 89.0 Å². The molecule has 3 aromatic carbocycles. The SMILES string of the molecule is CN(c1cccc(NC(=O)CN(c2ccc([N+](=O)[O-])cc2)S(=O)(=O)c2ccccc2)c1)S(C)(=O)=O. The number of benzene rings is 3. The molecule has 1 N–H and O–H groups in total. The summed E-state index contributed by atoms with van der Waals surface area (Å²) in [5.41, 5.74) is 0.375. The van der Waals surface area contributed by atoms with E-state index < -0.39 is 37.4 Å². The summed E-state index contributed by atoms with van der Waals surface area (Å²) >= 11 is 0. The van der Waals surface area contributed by atoms with Crippen LogP contribution in [-0.2, 0) is 24.8 Å². The van der Waals surface area contributed by atoms with Crippen molar-refractivity contribution in [2.75, 3.05) is 33.8 Å². The number of nitrogens with one attached hydrogen (secondary N) is 1. The highest BCUT2D eigenvalue weighted by molar-refractivity contribution is 7.93. The largest absolute Gasteiger partial charge is 0.324 e. The van der Waals surface area contributed by atoms with Crippen LogP contribution in [0.5, 0.6) is 0 Å². The summed E-state index contributed by atoms with van der Waals surface area (Å²) in [6.45, 7) is -0.638. The number of amides is 1. The molecular formula is C22H22N4O7S2. The Kier molecular flexibility index (Phi) is 7.41. The molecule has 0 radical (unpaired) electrons. The molecule has 1 amide bonds. The lowest BCUT2D eigenvalue weighted by molar-refractivity contribution is -0.384. The van der Waals surface area contributed by atoms with E-state index in [4.69, 9.17) is 0 Å². The lowest BCUT2D eigenvalue weighted by Gasteiger charge is -2.24. The minimum atomic E-state index is -4.20. The highest BCUT2D eigenvalue weighted by atomic mass is 32.2. The summed E-state index contributed by atoms with van der Waals surface area (Å²) in [5.74, 6) is -0.706. The van der Waals surface area contributed by atoms with Gasteiger partial charge in [-0.2, -0.15) is 0 Å². The van der Waals surface area contributed by atoms with E-state index in [1.165, 1.54) is 55.6 Å². The Bertz CT molecular complexity index is 1440. The molecule has 13 heteroatoms. The molecule has 0 saturated heterocycles. The highest BCUT2D eigenvalue weighted by Gasteiger charge is 2.27. The van der Waals surface area contributed by atoms with Gasteiger partial charge in [-0.3, -0.25) is 23.5 Å². The number of hydrogen-bond acceptors (Lipinski definition) is 7. The maximum Gasteiger partial charge on any atom is 0.269 e. The van der Waals surface area contributed by atoms with E-state index in [-0.39, 0.29) is 22.0 Å². The van der Waals surface area contributed by atoms with Gasteiger partial charge in [0.05, 0.1) is 27.4 Å². The third kappa shape index (κ3) is 6.13. The molecule has 0 atom stereocenters. The van der Waals surface area contributed by atoms with Gasteiger partial charge in [0.25, 0.3) is 15.7 Å². The zero-order chi connectivity index (χ0) is 25.8. The summed E-state index contributed by atoms with van der Waals surface area (Å²) in [6, 6.07) is 18.3. The molecule has 3 rings (SSSR count). The second-order valence-corrected chi connectivity index (χ2v) is 11.3. The van der Waals surface area contributed by atoms with E-state index in [1.54, 1.807) is 18.2 Å². The number of carbonyl (C=O) groups excluding carboxylic acids is 1. The topological polar surface area (TPSA) is 147 Å². The van der Waals surface area contributed by atoms with Crippen molar-refractivity contribution in [3.8, 4) is 0 Å². The minimum Gasteiger partial charge on any atom is -0.324 e. The number of sulfonamides is 2. The first-order chi connectivity index (χ1) is 16.4. The maximum absolute atomic E-state index is 13.3. The van der Waals surface area contributed by atoms with E-state index in [1.807, 2.05) is 0 Å². The van der Waals surface area contributed by atoms with Crippen molar-refractivity contribution in [2.45, 2.75) is 4.90 Å². The Hall–Kier alpha value is -3.97. The molecule has 0 bridgehead atoms. The number of rotatable bonds is 9. The van der Waals surface area contributed by atoms with Crippen LogP contribution < -0.4 is 13.9 Å². The van der Waals surface area contributed by atoms with Gasteiger partial charge in [0.15, 0.2) is 0 Å². The lowest BCUT2D eigenvalue weighted by Crippen LogP contribution is -2.38. The zero-order valence-electron chi connectivity index (χ0n) is 18.7. The van der Waals surface area contributed by atoms with Crippen molar-refractivity contribution in [1.82, 2.24) is 0 Å². The molecule has 3 aromatic rings. The van der Waals surface area contributed by atoms with Gasteiger partial charge in [0.1, 0.15) is 6.54 Å². The lowest BCUT2D eigenvalue weighted by atomic mass is 10.2. The van der Waals surface area contributed by atoms with Gasteiger partial charge in [-0.25, -0.2) is 16.8 Å². The van der Waals surface area contributed by atoms with Crippen LogP contribution in [0.25, 0.3) is 0 Å². The molecule has 11 nitrogen and oxygen atoms in total. The quantitative estimate of drug-likeness (QED) is 0.338. The van der Waals surface area contributed by atoms with Gasteiger partial charge >= 0.3 is 0 Å². The summed E-state index contributed by atoms with van der Waals surface area (Å²) in [5, 5.41) is 13.6. The molecule has 0 aromatic heterocycles. The highest BCUT2D eigenvalue weighted by Crippen LogP contribution is 2.26. The number of nitrogens with zero attached hydrogens (tertiary/aromatic N) is 3. The van der Waals surface area contributed by atoms with Gasteiger partial charge < -0.3 is 5.32 Å². The second kappa shape index (κ2) is 10.1. The molecule has 0 aliphatic carbocycles. The van der Waals surface area contributed by atoms with Crippen molar-refractivity contribution in [2.24, 2.45) is 0 Å². The third-order valence-corrected chi connectivity index (χ3v) is 7.95. The van der Waals surface area contributed by atoms with Crippen LogP contribution in [0.1, 0.15) is 0 Å². The zero-order valence-corrected chi connectivity index (χ0v) is 20.4. The van der Waals surface area contributed by atoms with Crippen LogP contribution in [0.4, 0.5) is 22.7 Å². The Balaban J connectivity index is 1.92. The summed E-state index contributed by atoms with van der Waals surface area (Å²) in [7, 11) is -6.37. The molecule has 0 aliphatic heterocycles. The number of non-ortho nitro benzene ring substituents is 1.